The lowest BCUT2D eigenvalue weighted by atomic mass is 10.1. The van der Waals surface area contributed by atoms with E-state index in [4.69, 9.17) is 21.9 Å². The van der Waals surface area contributed by atoms with E-state index in [2.05, 4.69) is 4.99 Å². The second kappa shape index (κ2) is 8.14. The zero-order valence-electron chi connectivity index (χ0n) is 10.6. The Morgan fingerprint density at radius 2 is 1.88 bits per heavy atom. The molecule has 0 fully saturated rings. The molecule has 6 nitrogen and oxygen atoms in total. The summed E-state index contributed by atoms with van der Waals surface area (Å²) in [5.41, 5.74) is 15.5. The van der Waals surface area contributed by atoms with Gasteiger partial charge in [-0.25, -0.2) is 0 Å². The highest BCUT2D eigenvalue weighted by Crippen LogP contribution is 2.09. The molecule has 0 amide bonds. The van der Waals surface area contributed by atoms with Crippen LogP contribution in [0.15, 0.2) is 4.99 Å². The molecule has 0 aliphatic rings. The maximum Gasteiger partial charge on any atom is 0.323 e. The normalized spacial score (nSPS) is 12.2. The predicted molar refractivity (Wildman–Crippen MR) is 71.0 cm³/mol. The van der Waals surface area contributed by atoms with Crippen LogP contribution < -0.4 is 17.2 Å². The van der Waals surface area contributed by atoms with E-state index in [0.717, 1.165) is 0 Å². The molecule has 0 aliphatic heterocycles. The van der Waals surface area contributed by atoms with Crippen LogP contribution in [-0.2, 0) is 9.53 Å². The van der Waals surface area contributed by atoms with Crippen LogP contribution in [0.4, 0.5) is 0 Å². The third-order valence-corrected chi connectivity index (χ3v) is 1.68. The highest BCUT2D eigenvalue weighted by molar-refractivity contribution is 5.85. The molecule has 7 heteroatoms. The van der Waals surface area contributed by atoms with Gasteiger partial charge in [0.1, 0.15) is 11.6 Å². The molecule has 0 aromatic carbocycles. The van der Waals surface area contributed by atoms with Gasteiger partial charge >= 0.3 is 5.97 Å². The van der Waals surface area contributed by atoms with Gasteiger partial charge in [-0.3, -0.25) is 9.79 Å². The first kappa shape index (κ1) is 18.4. The van der Waals surface area contributed by atoms with E-state index in [1.54, 1.807) is 20.8 Å². The van der Waals surface area contributed by atoms with Crippen molar-refractivity contribution in [2.75, 3.05) is 6.54 Å². The summed E-state index contributed by atoms with van der Waals surface area (Å²) in [6.45, 7) is 5.88. The molecule has 17 heavy (non-hydrogen) atoms. The van der Waals surface area contributed by atoms with E-state index in [1.165, 1.54) is 0 Å². The lowest BCUT2D eigenvalue weighted by Crippen LogP contribution is -2.37. The molecule has 0 aromatic heterocycles. The molecule has 0 aromatic rings. The molecule has 0 heterocycles. The first-order chi connectivity index (χ1) is 7.22. The molecule has 1 atom stereocenters. The topological polar surface area (TPSA) is 117 Å². The van der Waals surface area contributed by atoms with Gasteiger partial charge in [0, 0.05) is 6.54 Å². The van der Waals surface area contributed by atoms with Gasteiger partial charge in [-0.2, -0.15) is 0 Å². The summed E-state index contributed by atoms with van der Waals surface area (Å²) in [7, 11) is 0. The Hall–Kier alpha value is -1.01. The number of rotatable bonds is 5. The number of nitrogens with two attached hydrogens (primary N) is 3. The Morgan fingerprint density at radius 3 is 2.29 bits per heavy atom. The summed E-state index contributed by atoms with van der Waals surface area (Å²) >= 11 is 0. The van der Waals surface area contributed by atoms with Crippen LogP contribution in [0.25, 0.3) is 0 Å². The molecule has 0 spiro atoms. The lowest BCUT2D eigenvalue weighted by molar-refractivity contribution is -0.156. The van der Waals surface area contributed by atoms with E-state index in [1.807, 2.05) is 0 Å². The average molecular weight is 267 g/mol. The summed E-state index contributed by atoms with van der Waals surface area (Å²) in [6, 6.07) is -0.617. The molecule has 0 aliphatic carbocycles. The molecule has 0 bridgehead atoms. The largest absolute Gasteiger partial charge is 0.459 e. The number of esters is 1. The summed E-state index contributed by atoms with van der Waals surface area (Å²) < 4.78 is 5.13. The van der Waals surface area contributed by atoms with Gasteiger partial charge in [-0.15, -0.1) is 12.4 Å². The number of carbonyl (C=O) groups is 1. The Balaban J connectivity index is 0. The minimum absolute atomic E-state index is 0. The fourth-order valence-electron chi connectivity index (χ4n) is 1.01. The third-order valence-electron chi connectivity index (χ3n) is 1.68. The lowest BCUT2D eigenvalue weighted by Gasteiger charge is -2.22. The summed E-state index contributed by atoms with van der Waals surface area (Å²) in [6.07, 6.45) is 1.16. The van der Waals surface area contributed by atoms with Crippen LogP contribution in [0.5, 0.6) is 0 Å². The van der Waals surface area contributed by atoms with Crippen molar-refractivity contribution in [1.29, 1.82) is 0 Å². The molecule has 1 unspecified atom stereocenters. The maximum atomic E-state index is 11.5. The summed E-state index contributed by atoms with van der Waals surface area (Å²) in [5.74, 6) is -0.344. The number of aliphatic imine (C=N–C) groups is 1. The Bertz CT molecular complexity index is 260. The highest BCUT2D eigenvalue weighted by Gasteiger charge is 2.21. The van der Waals surface area contributed by atoms with Gasteiger partial charge in [-0.1, -0.05) is 0 Å². The number of ether oxygens (including phenoxy) is 1. The number of hydrogen-bond donors (Lipinski definition) is 3. The van der Waals surface area contributed by atoms with E-state index >= 15 is 0 Å². The second-order valence-corrected chi connectivity index (χ2v) is 4.59. The Morgan fingerprint density at radius 1 is 1.35 bits per heavy atom. The smallest absolute Gasteiger partial charge is 0.323 e. The van der Waals surface area contributed by atoms with Crippen molar-refractivity contribution in [2.24, 2.45) is 22.2 Å². The minimum atomic E-state index is -0.617. The zero-order chi connectivity index (χ0) is 12.8. The number of hydrogen-bond acceptors (Lipinski definition) is 4. The third kappa shape index (κ3) is 11.3. The maximum absolute atomic E-state index is 11.5. The predicted octanol–water partition coefficient (Wildman–Crippen LogP) is 0.131. The van der Waals surface area contributed by atoms with Crippen LogP contribution in [-0.4, -0.2) is 30.1 Å². The average Bonchev–Trinajstić information content (AvgIpc) is 2.08. The van der Waals surface area contributed by atoms with Crippen molar-refractivity contribution in [3.63, 3.8) is 0 Å². The van der Waals surface area contributed by atoms with Gasteiger partial charge in [0.15, 0.2) is 5.96 Å². The van der Waals surface area contributed by atoms with E-state index in [-0.39, 0.29) is 18.4 Å². The quantitative estimate of drug-likeness (QED) is 0.283. The van der Waals surface area contributed by atoms with E-state index in [0.29, 0.717) is 19.4 Å². The molecular formula is C10H23ClN4O2. The summed E-state index contributed by atoms with van der Waals surface area (Å²) in [4.78, 5) is 15.2. The monoisotopic (exact) mass is 266 g/mol. The van der Waals surface area contributed by atoms with Gasteiger partial charge < -0.3 is 21.9 Å². The standard InChI is InChI=1S/C10H22N4O2.ClH/c1-10(2,3)16-8(15)7(11)5-4-6-14-9(12)13;/h7H,4-6,11H2,1-3H3,(H4,12,13,14);1H. The summed E-state index contributed by atoms with van der Waals surface area (Å²) in [5, 5.41) is 0. The van der Waals surface area contributed by atoms with Crippen molar-refractivity contribution in [1.82, 2.24) is 0 Å². The molecular weight excluding hydrogens is 244 g/mol. The van der Waals surface area contributed by atoms with Gasteiger partial charge in [0.2, 0.25) is 0 Å². The second-order valence-electron chi connectivity index (χ2n) is 4.59. The number of guanidine groups is 1. The zero-order valence-corrected chi connectivity index (χ0v) is 11.4. The van der Waals surface area contributed by atoms with Crippen molar-refractivity contribution < 1.29 is 9.53 Å². The van der Waals surface area contributed by atoms with Crippen LogP contribution in [0.2, 0.25) is 0 Å². The number of halogens is 1. The van der Waals surface area contributed by atoms with Crippen LogP contribution in [0, 0.1) is 0 Å². The first-order valence-corrected chi connectivity index (χ1v) is 5.26. The SMILES string of the molecule is CC(C)(C)OC(=O)C(N)CCCN=C(N)N.Cl. The fourth-order valence-corrected chi connectivity index (χ4v) is 1.01. The van der Waals surface area contributed by atoms with Crippen molar-refractivity contribution in [2.45, 2.75) is 45.3 Å². The Labute approximate surface area is 108 Å². The molecule has 6 N–H and O–H groups in total. The molecule has 102 valence electrons. The first-order valence-electron chi connectivity index (χ1n) is 5.26. The van der Waals surface area contributed by atoms with Gasteiger partial charge in [0.25, 0.3) is 0 Å². The van der Waals surface area contributed by atoms with Gasteiger partial charge in [-0.05, 0) is 33.6 Å². The van der Waals surface area contributed by atoms with Crippen molar-refractivity contribution >= 4 is 24.3 Å². The fraction of sp³-hybridized carbons (Fsp3) is 0.800. The van der Waals surface area contributed by atoms with E-state index < -0.39 is 17.6 Å². The molecule has 0 rings (SSSR count). The number of carbonyl (C=O) groups excluding carboxylic acids is 1. The van der Waals surface area contributed by atoms with Crippen molar-refractivity contribution in [3.05, 3.63) is 0 Å². The van der Waals surface area contributed by atoms with Gasteiger partial charge in [0.05, 0.1) is 0 Å². The highest BCUT2D eigenvalue weighted by atomic mass is 35.5. The Kier molecular flexibility index (Phi) is 8.79. The molecule has 0 saturated carbocycles. The number of nitrogens with zero attached hydrogens (tertiary/aromatic N) is 1. The minimum Gasteiger partial charge on any atom is -0.459 e. The van der Waals surface area contributed by atoms with E-state index in [9.17, 15) is 4.79 Å². The van der Waals surface area contributed by atoms with Crippen molar-refractivity contribution in [3.8, 4) is 0 Å². The molecule has 0 saturated heterocycles. The van der Waals surface area contributed by atoms with Crippen LogP contribution in [0.1, 0.15) is 33.6 Å². The van der Waals surface area contributed by atoms with Crippen LogP contribution in [0.3, 0.4) is 0 Å². The van der Waals surface area contributed by atoms with Crippen LogP contribution >= 0.6 is 12.4 Å². The molecule has 0 radical (unpaired) electrons.